The third kappa shape index (κ3) is 6.60. The highest BCUT2D eigenvalue weighted by molar-refractivity contribution is 5.94. The summed E-state index contributed by atoms with van der Waals surface area (Å²) in [6.07, 6.45) is 0. The van der Waals surface area contributed by atoms with Crippen molar-refractivity contribution in [1.29, 1.82) is 0 Å². The Balaban J connectivity index is 1.46. The lowest BCUT2D eigenvalue weighted by molar-refractivity contribution is -0.133. The highest BCUT2D eigenvalue weighted by Gasteiger charge is 2.27. The molecule has 2 aromatic rings. The number of piperazine rings is 1. The number of carbonyl (C=O) groups excluding carboxylic acids is 2. The Morgan fingerprint density at radius 1 is 1.06 bits per heavy atom. The molecule has 1 fully saturated rings. The minimum absolute atomic E-state index is 0.122. The smallest absolute Gasteiger partial charge is 0.241 e. The standard InChI is InChI=1S/C24H31FN4O2/c1-3-28(17-20-8-5-4-6-9-20)23(30)18-27-12-14-29(15-13-27)19(2)24(31)26-22-11-7-10-21(25)16-22/h4-11,16,19H,3,12-15,17-18H2,1-2H3,(H,26,31). The maximum Gasteiger partial charge on any atom is 0.241 e. The number of anilines is 1. The average molecular weight is 427 g/mol. The van der Waals surface area contributed by atoms with Crippen LogP contribution >= 0.6 is 0 Å². The fourth-order valence-corrected chi connectivity index (χ4v) is 3.76. The van der Waals surface area contributed by atoms with Crippen LogP contribution in [0.15, 0.2) is 54.6 Å². The van der Waals surface area contributed by atoms with E-state index in [1.807, 2.05) is 49.1 Å². The molecule has 31 heavy (non-hydrogen) atoms. The van der Waals surface area contributed by atoms with Gasteiger partial charge in [0.05, 0.1) is 12.6 Å². The van der Waals surface area contributed by atoms with Gasteiger partial charge in [-0.05, 0) is 37.6 Å². The topological polar surface area (TPSA) is 55.9 Å². The summed E-state index contributed by atoms with van der Waals surface area (Å²) in [7, 11) is 0. The molecule has 1 unspecified atom stereocenters. The van der Waals surface area contributed by atoms with Crippen LogP contribution in [0.5, 0.6) is 0 Å². The average Bonchev–Trinajstić information content (AvgIpc) is 2.78. The molecule has 1 saturated heterocycles. The normalized spacial score (nSPS) is 16.0. The monoisotopic (exact) mass is 426 g/mol. The van der Waals surface area contributed by atoms with Gasteiger partial charge in [-0.15, -0.1) is 0 Å². The van der Waals surface area contributed by atoms with Crippen molar-refractivity contribution in [2.45, 2.75) is 26.4 Å². The van der Waals surface area contributed by atoms with E-state index in [0.717, 1.165) is 18.7 Å². The zero-order chi connectivity index (χ0) is 22.2. The van der Waals surface area contributed by atoms with E-state index in [0.29, 0.717) is 38.4 Å². The van der Waals surface area contributed by atoms with Gasteiger partial charge >= 0.3 is 0 Å². The molecule has 0 radical (unpaired) electrons. The number of halogens is 1. The van der Waals surface area contributed by atoms with Gasteiger partial charge in [0.1, 0.15) is 5.82 Å². The van der Waals surface area contributed by atoms with E-state index in [4.69, 9.17) is 0 Å². The third-order valence-corrected chi connectivity index (χ3v) is 5.74. The van der Waals surface area contributed by atoms with Crippen molar-refractivity contribution in [3.63, 3.8) is 0 Å². The lowest BCUT2D eigenvalue weighted by Crippen LogP contribution is -2.54. The van der Waals surface area contributed by atoms with E-state index >= 15 is 0 Å². The molecular formula is C24H31FN4O2. The number of nitrogens with one attached hydrogen (secondary N) is 1. The summed E-state index contributed by atoms with van der Waals surface area (Å²) in [6, 6.07) is 15.6. The van der Waals surface area contributed by atoms with Gasteiger partial charge in [0.15, 0.2) is 0 Å². The van der Waals surface area contributed by atoms with Crippen LogP contribution in [0.4, 0.5) is 10.1 Å². The van der Waals surface area contributed by atoms with E-state index < -0.39 is 0 Å². The van der Waals surface area contributed by atoms with Crippen molar-refractivity contribution in [2.24, 2.45) is 0 Å². The first-order chi connectivity index (χ1) is 15.0. The molecule has 0 aromatic heterocycles. The van der Waals surface area contributed by atoms with Crippen LogP contribution in [0.2, 0.25) is 0 Å². The highest BCUT2D eigenvalue weighted by atomic mass is 19.1. The Labute approximate surface area is 183 Å². The molecule has 1 N–H and O–H groups in total. The summed E-state index contributed by atoms with van der Waals surface area (Å²) >= 11 is 0. The Kier molecular flexibility index (Phi) is 8.14. The van der Waals surface area contributed by atoms with Crippen molar-refractivity contribution < 1.29 is 14.0 Å². The molecule has 0 aliphatic carbocycles. The van der Waals surface area contributed by atoms with Gasteiger partial charge in [0.2, 0.25) is 11.8 Å². The van der Waals surface area contributed by atoms with Gasteiger partial charge in [-0.1, -0.05) is 36.4 Å². The Morgan fingerprint density at radius 2 is 1.77 bits per heavy atom. The van der Waals surface area contributed by atoms with E-state index in [1.165, 1.54) is 12.1 Å². The van der Waals surface area contributed by atoms with Crippen molar-refractivity contribution >= 4 is 17.5 Å². The van der Waals surface area contributed by atoms with E-state index in [1.54, 1.807) is 12.1 Å². The molecule has 0 spiro atoms. The van der Waals surface area contributed by atoms with E-state index in [2.05, 4.69) is 15.1 Å². The quantitative estimate of drug-likeness (QED) is 0.705. The van der Waals surface area contributed by atoms with Crippen LogP contribution in [0.3, 0.4) is 0 Å². The molecule has 6 nitrogen and oxygen atoms in total. The van der Waals surface area contributed by atoms with Crippen LogP contribution in [0, 0.1) is 5.82 Å². The second-order valence-electron chi connectivity index (χ2n) is 7.88. The van der Waals surface area contributed by atoms with Gasteiger partial charge in [0, 0.05) is 45.0 Å². The number of carbonyl (C=O) groups is 2. The van der Waals surface area contributed by atoms with Gasteiger partial charge in [-0.2, -0.15) is 0 Å². The molecular weight excluding hydrogens is 395 g/mol. The first-order valence-corrected chi connectivity index (χ1v) is 10.8. The van der Waals surface area contributed by atoms with Crippen molar-refractivity contribution in [3.8, 4) is 0 Å². The van der Waals surface area contributed by atoms with Crippen LogP contribution < -0.4 is 5.32 Å². The number of rotatable bonds is 8. The van der Waals surface area contributed by atoms with Crippen molar-refractivity contribution in [1.82, 2.24) is 14.7 Å². The molecule has 0 bridgehead atoms. The number of nitrogens with zero attached hydrogens (tertiary/aromatic N) is 3. The molecule has 3 rings (SSSR count). The molecule has 166 valence electrons. The maximum absolute atomic E-state index is 13.3. The molecule has 7 heteroatoms. The molecule has 0 saturated carbocycles. The predicted octanol–water partition coefficient (Wildman–Crippen LogP) is 2.82. The first kappa shape index (κ1) is 22.9. The second kappa shape index (κ2) is 11.0. The zero-order valence-electron chi connectivity index (χ0n) is 18.3. The summed E-state index contributed by atoms with van der Waals surface area (Å²) in [5.41, 5.74) is 1.58. The fourth-order valence-electron chi connectivity index (χ4n) is 3.76. The number of hydrogen-bond acceptors (Lipinski definition) is 4. The Bertz CT molecular complexity index is 869. The predicted molar refractivity (Wildman–Crippen MR) is 120 cm³/mol. The van der Waals surface area contributed by atoms with E-state index in [9.17, 15) is 14.0 Å². The molecule has 1 aliphatic heterocycles. The van der Waals surface area contributed by atoms with Crippen LogP contribution in [-0.2, 0) is 16.1 Å². The second-order valence-corrected chi connectivity index (χ2v) is 7.88. The minimum atomic E-state index is -0.378. The largest absolute Gasteiger partial charge is 0.338 e. The van der Waals surface area contributed by atoms with Gasteiger partial charge < -0.3 is 10.2 Å². The third-order valence-electron chi connectivity index (χ3n) is 5.74. The summed E-state index contributed by atoms with van der Waals surface area (Å²) in [5.74, 6) is -0.413. The highest BCUT2D eigenvalue weighted by Crippen LogP contribution is 2.13. The molecule has 1 atom stereocenters. The molecule has 1 aliphatic rings. The summed E-state index contributed by atoms with van der Waals surface area (Å²) < 4.78 is 13.3. The minimum Gasteiger partial charge on any atom is -0.338 e. The first-order valence-electron chi connectivity index (χ1n) is 10.8. The zero-order valence-corrected chi connectivity index (χ0v) is 18.3. The maximum atomic E-state index is 13.3. The van der Waals surface area contributed by atoms with Gasteiger partial charge in [-0.3, -0.25) is 19.4 Å². The summed E-state index contributed by atoms with van der Waals surface area (Å²) in [6.45, 7) is 8.40. The molecule has 2 aromatic carbocycles. The van der Waals surface area contributed by atoms with Crippen LogP contribution in [0.1, 0.15) is 19.4 Å². The van der Waals surface area contributed by atoms with Gasteiger partial charge in [-0.25, -0.2) is 4.39 Å². The fraction of sp³-hybridized carbons (Fsp3) is 0.417. The molecule has 2 amide bonds. The summed E-state index contributed by atoms with van der Waals surface area (Å²) in [4.78, 5) is 31.4. The number of likely N-dealkylation sites (N-methyl/N-ethyl adjacent to an activating group) is 1. The number of benzene rings is 2. The lowest BCUT2D eigenvalue weighted by atomic mass is 10.2. The van der Waals surface area contributed by atoms with Crippen molar-refractivity contribution in [2.75, 3.05) is 44.6 Å². The van der Waals surface area contributed by atoms with E-state index in [-0.39, 0.29) is 23.7 Å². The Morgan fingerprint density at radius 3 is 2.42 bits per heavy atom. The van der Waals surface area contributed by atoms with Gasteiger partial charge in [0.25, 0.3) is 0 Å². The molecule has 1 heterocycles. The van der Waals surface area contributed by atoms with Crippen LogP contribution in [-0.4, -0.2) is 71.8 Å². The lowest BCUT2D eigenvalue weighted by Gasteiger charge is -2.37. The van der Waals surface area contributed by atoms with Crippen molar-refractivity contribution in [3.05, 3.63) is 66.0 Å². The summed E-state index contributed by atoms with van der Waals surface area (Å²) in [5, 5.41) is 2.77. The number of hydrogen-bond donors (Lipinski definition) is 1. The Hall–Kier alpha value is -2.77. The SMILES string of the molecule is CCN(Cc1ccccc1)C(=O)CN1CCN(C(C)C(=O)Nc2cccc(F)c2)CC1. The van der Waals surface area contributed by atoms with Crippen LogP contribution in [0.25, 0.3) is 0 Å². The number of amides is 2.